The van der Waals surface area contributed by atoms with Gasteiger partial charge < -0.3 is 19.3 Å². The molecule has 14 heteroatoms. The van der Waals surface area contributed by atoms with Gasteiger partial charge in [0, 0.05) is 38.3 Å². The minimum atomic E-state index is -4.36. The summed E-state index contributed by atoms with van der Waals surface area (Å²) < 4.78 is 42.7. The Kier molecular flexibility index (Phi) is 13.0. The lowest BCUT2D eigenvalue weighted by Crippen LogP contribution is -2.37. The summed E-state index contributed by atoms with van der Waals surface area (Å²) in [5.41, 5.74) is 3.03. The molecule has 1 N–H and O–H groups in total. The molecule has 1 aromatic heterocycles. The lowest BCUT2D eigenvalue weighted by atomic mass is 9.98. The third-order valence-electron chi connectivity index (χ3n) is 11.0. The Morgan fingerprint density at radius 1 is 0.949 bits per heavy atom. The quantitative estimate of drug-likeness (QED) is 0.112. The van der Waals surface area contributed by atoms with Crippen molar-refractivity contribution >= 4 is 50.1 Å². The molecule has 0 aliphatic carbocycles. The summed E-state index contributed by atoms with van der Waals surface area (Å²) >= 11 is 6.84. The fourth-order valence-electron chi connectivity index (χ4n) is 7.55. The Labute approximate surface area is 350 Å². The second-order valence-electron chi connectivity index (χ2n) is 15.2. The van der Waals surface area contributed by atoms with Crippen LogP contribution in [-0.2, 0) is 27.7 Å². The van der Waals surface area contributed by atoms with Crippen molar-refractivity contribution in [2.75, 3.05) is 32.8 Å². The summed E-state index contributed by atoms with van der Waals surface area (Å²) in [6.45, 7) is 8.86. The average Bonchev–Trinajstić information content (AvgIpc) is 3.88. The maximum Gasteiger partial charge on any atom is 0.275 e. The van der Waals surface area contributed by atoms with Crippen molar-refractivity contribution in [1.29, 1.82) is 0 Å². The molecule has 4 aromatic carbocycles. The Hall–Kier alpha value is -5.24. The molecule has 1 saturated heterocycles. The predicted octanol–water partition coefficient (Wildman–Crippen LogP) is 7.90. The maximum absolute atomic E-state index is 14.5. The lowest BCUT2D eigenvalue weighted by molar-refractivity contribution is 0.0680. The standard InChI is InChI=1S/C45H50ClN5O7S/c1-4-6-21-49(22-7-5-2)45(54)42-41(46)30(3)51(47-42)40-19-16-33(27-39(40)44(53)50-23-20-31-11-8-9-12-34(31)28-50)43(52)48-59(55,56)38-18-15-32-14-17-36(25-35(32)26-38)58-29-37-13-10-24-57-37/h8-9,11-12,14-19,25-27,37H,4-7,10,13,20-24,28-29H2,1-3H3,(H,48,52). The number of carbonyl (C=O) groups is 3. The highest BCUT2D eigenvalue weighted by atomic mass is 35.5. The van der Waals surface area contributed by atoms with E-state index in [0.29, 0.717) is 68.3 Å². The molecule has 0 spiro atoms. The van der Waals surface area contributed by atoms with Crippen molar-refractivity contribution in [3.8, 4) is 11.4 Å². The molecule has 0 bridgehead atoms. The van der Waals surface area contributed by atoms with E-state index in [-0.39, 0.29) is 44.7 Å². The molecule has 2 aliphatic heterocycles. The van der Waals surface area contributed by atoms with Gasteiger partial charge >= 0.3 is 0 Å². The van der Waals surface area contributed by atoms with Gasteiger partial charge in [0.05, 0.1) is 33.0 Å². The number of amides is 3. The predicted molar refractivity (Wildman–Crippen MR) is 227 cm³/mol. The zero-order valence-corrected chi connectivity index (χ0v) is 35.3. The van der Waals surface area contributed by atoms with Crippen LogP contribution in [0.4, 0.5) is 0 Å². The van der Waals surface area contributed by atoms with E-state index in [1.165, 1.54) is 35.0 Å². The van der Waals surface area contributed by atoms with E-state index in [1.807, 2.05) is 36.4 Å². The molecule has 3 heterocycles. The van der Waals surface area contributed by atoms with Crippen LogP contribution in [0.5, 0.6) is 5.75 Å². The van der Waals surface area contributed by atoms with Gasteiger partial charge in [-0.05, 0) is 103 Å². The molecule has 7 rings (SSSR count). The van der Waals surface area contributed by atoms with Crippen molar-refractivity contribution in [1.82, 2.24) is 24.3 Å². The first-order valence-electron chi connectivity index (χ1n) is 20.4. The zero-order valence-electron chi connectivity index (χ0n) is 33.7. The molecule has 5 aromatic rings. The average molecular weight is 840 g/mol. The number of unbranched alkanes of at least 4 members (excludes halogenated alkanes) is 2. The lowest BCUT2D eigenvalue weighted by Gasteiger charge is -2.29. The summed E-state index contributed by atoms with van der Waals surface area (Å²) in [5.74, 6) is -1.02. The van der Waals surface area contributed by atoms with Crippen molar-refractivity contribution in [3.63, 3.8) is 0 Å². The molecule has 12 nitrogen and oxygen atoms in total. The number of ether oxygens (including phenoxy) is 2. The van der Waals surface area contributed by atoms with Crippen LogP contribution in [0.15, 0.2) is 83.8 Å². The third kappa shape index (κ3) is 9.32. The number of rotatable bonds is 15. The van der Waals surface area contributed by atoms with Gasteiger partial charge in [-0.25, -0.2) is 17.8 Å². The van der Waals surface area contributed by atoms with Crippen LogP contribution in [0.1, 0.15) is 100 Å². The number of carbonyl (C=O) groups excluding carboxylic acids is 3. The van der Waals surface area contributed by atoms with Gasteiger partial charge in [-0.1, -0.05) is 74.7 Å². The second kappa shape index (κ2) is 18.4. The molecule has 59 heavy (non-hydrogen) atoms. The van der Waals surface area contributed by atoms with Crippen molar-refractivity contribution in [2.45, 2.75) is 83.3 Å². The number of hydrogen-bond acceptors (Lipinski definition) is 8. The Bertz CT molecular complexity index is 2470. The van der Waals surface area contributed by atoms with Gasteiger partial charge in [-0.3, -0.25) is 14.4 Å². The van der Waals surface area contributed by atoms with E-state index >= 15 is 0 Å². The number of sulfonamides is 1. The van der Waals surface area contributed by atoms with Gasteiger partial charge in [-0.2, -0.15) is 5.10 Å². The van der Waals surface area contributed by atoms with Crippen LogP contribution >= 0.6 is 11.6 Å². The van der Waals surface area contributed by atoms with Gasteiger partial charge in [0.25, 0.3) is 27.7 Å². The second-order valence-corrected chi connectivity index (χ2v) is 17.2. The molecule has 1 atom stereocenters. The van der Waals surface area contributed by atoms with Crippen molar-refractivity contribution < 1.29 is 32.3 Å². The Morgan fingerprint density at radius 2 is 1.69 bits per heavy atom. The smallest absolute Gasteiger partial charge is 0.275 e. The largest absolute Gasteiger partial charge is 0.491 e. The van der Waals surface area contributed by atoms with Gasteiger partial charge in [0.15, 0.2) is 5.69 Å². The number of nitrogens with zero attached hydrogens (tertiary/aromatic N) is 4. The van der Waals surface area contributed by atoms with E-state index in [1.54, 1.807) is 28.9 Å². The first-order chi connectivity index (χ1) is 28.5. The molecule has 310 valence electrons. The van der Waals surface area contributed by atoms with Crippen LogP contribution in [-0.4, -0.2) is 84.7 Å². The van der Waals surface area contributed by atoms with Gasteiger partial charge in [0.1, 0.15) is 12.4 Å². The molecular formula is C45H50ClN5O7S. The number of nitrogens with one attached hydrogen (secondary N) is 1. The van der Waals surface area contributed by atoms with Gasteiger partial charge in [-0.15, -0.1) is 0 Å². The third-order valence-corrected chi connectivity index (χ3v) is 12.8. The number of halogens is 1. The topological polar surface area (TPSA) is 140 Å². The van der Waals surface area contributed by atoms with E-state index in [2.05, 4.69) is 23.7 Å². The number of fused-ring (bicyclic) bond motifs is 2. The summed E-state index contributed by atoms with van der Waals surface area (Å²) in [4.78, 5) is 45.6. The van der Waals surface area contributed by atoms with Crippen LogP contribution in [0.3, 0.4) is 0 Å². The summed E-state index contributed by atoms with van der Waals surface area (Å²) in [6, 6.07) is 22.3. The van der Waals surface area contributed by atoms with Crippen molar-refractivity contribution in [2.24, 2.45) is 0 Å². The van der Waals surface area contributed by atoms with Crippen LogP contribution in [0.25, 0.3) is 16.5 Å². The number of hydrogen-bond donors (Lipinski definition) is 1. The minimum absolute atomic E-state index is 0.0266. The first-order valence-corrected chi connectivity index (χ1v) is 22.2. The highest BCUT2D eigenvalue weighted by molar-refractivity contribution is 7.90. The van der Waals surface area contributed by atoms with E-state index < -0.39 is 15.9 Å². The van der Waals surface area contributed by atoms with E-state index in [9.17, 15) is 22.8 Å². The fourth-order valence-corrected chi connectivity index (χ4v) is 8.76. The van der Waals surface area contributed by atoms with Crippen LogP contribution in [0, 0.1) is 6.92 Å². The molecule has 3 amide bonds. The highest BCUT2D eigenvalue weighted by Gasteiger charge is 2.30. The van der Waals surface area contributed by atoms with E-state index in [4.69, 9.17) is 21.1 Å². The normalized spacial score (nSPS) is 15.3. The molecule has 1 fully saturated rings. The first kappa shape index (κ1) is 41.9. The van der Waals surface area contributed by atoms with Crippen LogP contribution in [0.2, 0.25) is 5.02 Å². The summed E-state index contributed by atoms with van der Waals surface area (Å²) in [6.07, 6.45) is 6.08. The van der Waals surface area contributed by atoms with Crippen molar-refractivity contribution in [3.05, 3.63) is 118 Å². The molecule has 1 unspecified atom stereocenters. The SMILES string of the molecule is CCCCN(CCCC)C(=O)c1nn(-c2ccc(C(=O)NS(=O)(=O)c3ccc4ccc(OCC5CCCO5)cc4c3)cc2C(=O)N2CCc3ccccc3C2)c(C)c1Cl. The van der Waals surface area contributed by atoms with Crippen LogP contribution < -0.4 is 9.46 Å². The fraction of sp³-hybridized carbons (Fsp3) is 0.378. The molecule has 0 saturated carbocycles. The Morgan fingerprint density at radius 3 is 2.42 bits per heavy atom. The minimum Gasteiger partial charge on any atom is -0.491 e. The monoisotopic (exact) mass is 839 g/mol. The van der Waals surface area contributed by atoms with E-state index in [0.717, 1.165) is 55.0 Å². The summed E-state index contributed by atoms with van der Waals surface area (Å²) in [7, 11) is -4.36. The maximum atomic E-state index is 14.5. The zero-order chi connectivity index (χ0) is 41.7. The number of aromatic nitrogens is 2. The Balaban J connectivity index is 1.20. The molecule has 0 radical (unpaired) electrons. The molecular weight excluding hydrogens is 790 g/mol. The van der Waals surface area contributed by atoms with Gasteiger partial charge in [0.2, 0.25) is 0 Å². The summed E-state index contributed by atoms with van der Waals surface area (Å²) in [5, 5.41) is 6.28. The highest BCUT2D eigenvalue weighted by Crippen LogP contribution is 2.30. The number of benzene rings is 4. The molecule has 2 aliphatic rings.